The zero-order valence-corrected chi connectivity index (χ0v) is 7.75. The van der Waals surface area contributed by atoms with E-state index in [-0.39, 0.29) is 0 Å². The Kier molecular flexibility index (Phi) is 4.73. The first-order valence-electron chi connectivity index (χ1n) is 2.78. The minimum atomic E-state index is -3.18. The second kappa shape index (κ2) is 4.46. The van der Waals surface area contributed by atoms with E-state index >= 15 is 0 Å². The van der Waals surface area contributed by atoms with Crippen LogP contribution in [0.25, 0.3) is 0 Å². The lowest BCUT2D eigenvalue weighted by atomic mass is 10.5. The minimum Gasteiger partial charge on any atom is -0.367 e. The van der Waals surface area contributed by atoms with E-state index in [0.717, 1.165) is 0 Å². The van der Waals surface area contributed by atoms with Crippen molar-refractivity contribution in [2.24, 2.45) is 0 Å². The molecule has 0 saturated carbocycles. The normalized spacial score (nSPS) is 15.3. The number of hydrogen-bond donors (Lipinski definition) is 0. The topological polar surface area (TPSA) is 9.23 Å². The maximum absolute atomic E-state index is 12.0. The second-order valence-corrected chi connectivity index (χ2v) is 3.26. The molecular weight excluding hydrogens is 229 g/mol. The predicted molar refractivity (Wildman–Crippen MR) is 39.8 cm³/mol. The van der Waals surface area contributed by atoms with Gasteiger partial charge in [0.2, 0.25) is 0 Å². The van der Waals surface area contributed by atoms with Crippen molar-refractivity contribution in [3.8, 4) is 0 Å². The predicted octanol–water partition coefficient (Wildman–Crippen LogP) is 2.97. The van der Waals surface area contributed by atoms with Gasteiger partial charge < -0.3 is 4.74 Å². The van der Waals surface area contributed by atoms with Crippen LogP contribution >= 0.6 is 27.5 Å². The molecule has 0 fully saturated rings. The largest absolute Gasteiger partial charge is 0.367 e. The monoisotopic (exact) mass is 236 g/mol. The summed E-state index contributed by atoms with van der Waals surface area (Å²) in [5.74, 6) is 0. The summed E-state index contributed by atoms with van der Waals surface area (Å²) < 4.78 is 28.7. The van der Waals surface area contributed by atoms with Gasteiger partial charge in [-0.15, -0.1) is 0 Å². The van der Waals surface area contributed by atoms with Gasteiger partial charge >= 0.3 is 5.38 Å². The Labute approximate surface area is 71.8 Å². The highest BCUT2D eigenvalue weighted by atomic mass is 79.9. The number of hydrogen-bond acceptors (Lipinski definition) is 1. The summed E-state index contributed by atoms with van der Waals surface area (Å²) in [4.78, 5) is 0. The molecule has 1 atom stereocenters. The lowest BCUT2D eigenvalue weighted by molar-refractivity contribution is 0.0292. The summed E-state index contributed by atoms with van der Waals surface area (Å²) in [5.41, 5.74) is 0. The molecule has 0 N–H and O–H groups in total. The fraction of sp³-hybridized carbons (Fsp3) is 1.00. The van der Waals surface area contributed by atoms with Crippen LogP contribution in [0.5, 0.6) is 0 Å². The lowest BCUT2D eigenvalue weighted by Gasteiger charge is -2.12. The van der Waals surface area contributed by atoms with Crippen LogP contribution in [0.15, 0.2) is 0 Å². The van der Waals surface area contributed by atoms with Gasteiger partial charge in [-0.3, -0.25) is 0 Å². The maximum atomic E-state index is 12.0. The fourth-order valence-electron chi connectivity index (χ4n) is 0.422. The Balaban J connectivity index is 3.47. The molecule has 0 aliphatic carbocycles. The van der Waals surface area contributed by atoms with Crippen LogP contribution in [0.1, 0.15) is 13.3 Å². The molecule has 0 spiro atoms. The number of halogens is 4. The molecule has 1 nitrogen and oxygen atoms in total. The zero-order valence-electron chi connectivity index (χ0n) is 5.41. The lowest BCUT2D eigenvalue weighted by Crippen LogP contribution is -2.16. The van der Waals surface area contributed by atoms with Crippen molar-refractivity contribution >= 4 is 27.5 Å². The zero-order chi connectivity index (χ0) is 8.20. The van der Waals surface area contributed by atoms with Crippen molar-refractivity contribution in [2.45, 2.75) is 23.7 Å². The molecule has 0 saturated heterocycles. The summed E-state index contributed by atoms with van der Waals surface area (Å²) in [5, 5.41) is -3.84. The van der Waals surface area contributed by atoms with Gasteiger partial charge in [-0.25, -0.2) is 0 Å². The van der Waals surface area contributed by atoms with Crippen LogP contribution in [-0.2, 0) is 4.74 Å². The highest BCUT2D eigenvalue weighted by molar-refractivity contribution is 9.09. The van der Waals surface area contributed by atoms with Gasteiger partial charge in [0.15, 0.2) is 0 Å². The van der Waals surface area contributed by atoms with Crippen LogP contribution in [0.4, 0.5) is 8.78 Å². The van der Waals surface area contributed by atoms with Crippen molar-refractivity contribution in [2.75, 3.05) is 6.61 Å². The molecule has 0 aliphatic heterocycles. The first kappa shape index (κ1) is 10.6. The summed E-state index contributed by atoms with van der Waals surface area (Å²) in [7, 11) is 0. The van der Waals surface area contributed by atoms with Crippen molar-refractivity contribution in [3.63, 3.8) is 0 Å². The van der Waals surface area contributed by atoms with Gasteiger partial charge in [0.05, 0.1) is 6.42 Å². The Morgan fingerprint density at radius 3 is 2.50 bits per heavy atom. The van der Waals surface area contributed by atoms with E-state index in [1.54, 1.807) is 6.92 Å². The minimum absolute atomic E-state index is 0.392. The molecule has 0 heterocycles. The van der Waals surface area contributed by atoms with E-state index in [0.29, 0.717) is 6.61 Å². The third-order valence-electron chi connectivity index (χ3n) is 0.739. The van der Waals surface area contributed by atoms with Crippen molar-refractivity contribution < 1.29 is 13.5 Å². The summed E-state index contributed by atoms with van der Waals surface area (Å²) in [6, 6.07) is 0. The van der Waals surface area contributed by atoms with Gasteiger partial charge in [-0.1, -0.05) is 15.9 Å². The molecule has 0 radical (unpaired) electrons. The summed E-state index contributed by atoms with van der Waals surface area (Å²) >= 11 is 7.51. The summed E-state index contributed by atoms with van der Waals surface area (Å²) in [6.45, 7) is 2.11. The highest BCUT2D eigenvalue weighted by Crippen LogP contribution is 2.28. The Hall–Kier alpha value is 0.590. The fourth-order valence-corrected chi connectivity index (χ4v) is 1.42. The quantitative estimate of drug-likeness (QED) is 0.683. The average molecular weight is 237 g/mol. The van der Waals surface area contributed by atoms with Gasteiger partial charge in [-0.2, -0.15) is 8.78 Å². The number of rotatable bonds is 4. The molecule has 0 aromatic carbocycles. The number of ether oxygens (including phenoxy) is 1. The Bertz CT molecular complexity index is 96.1. The molecule has 5 heteroatoms. The molecule has 10 heavy (non-hydrogen) atoms. The number of alkyl halides is 4. The second-order valence-electron chi connectivity index (χ2n) is 1.68. The molecule has 0 bridgehead atoms. The van der Waals surface area contributed by atoms with Crippen molar-refractivity contribution in [1.82, 2.24) is 0 Å². The van der Waals surface area contributed by atoms with E-state index in [1.165, 1.54) is 0 Å². The molecule has 0 aromatic heterocycles. The molecule has 0 aromatic rings. The maximum Gasteiger partial charge on any atom is 0.325 e. The van der Waals surface area contributed by atoms with E-state index < -0.39 is 16.8 Å². The smallest absolute Gasteiger partial charge is 0.325 e. The third-order valence-corrected chi connectivity index (χ3v) is 1.48. The molecule has 1 unspecified atom stereocenters. The molecule has 0 aliphatic rings. The van der Waals surface area contributed by atoms with E-state index in [1.807, 2.05) is 0 Å². The standard InChI is InChI=1S/C5H8BrClF2O/c1-2-10-4(6)3-5(7,8)9/h4H,2-3H2,1H3. The van der Waals surface area contributed by atoms with E-state index in [4.69, 9.17) is 4.74 Å². The third kappa shape index (κ3) is 6.71. The van der Waals surface area contributed by atoms with Gasteiger partial charge in [0.25, 0.3) is 0 Å². The van der Waals surface area contributed by atoms with Crippen molar-refractivity contribution in [1.29, 1.82) is 0 Å². The first-order valence-corrected chi connectivity index (χ1v) is 4.07. The SMILES string of the molecule is CCOC(Br)CC(F)(F)Cl. The van der Waals surface area contributed by atoms with Gasteiger partial charge in [-0.05, 0) is 18.5 Å². The molecule has 0 amide bonds. The molecule has 0 rings (SSSR count). The van der Waals surface area contributed by atoms with E-state index in [9.17, 15) is 8.78 Å². The Morgan fingerprint density at radius 2 is 2.20 bits per heavy atom. The van der Waals surface area contributed by atoms with Crippen molar-refractivity contribution in [3.05, 3.63) is 0 Å². The highest BCUT2D eigenvalue weighted by Gasteiger charge is 2.28. The summed E-state index contributed by atoms with van der Waals surface area (Å²) in [6.07, 6.45) is -0.512. The van der Waals surface area contributed by atoms with Crippen LogP contribution in [0, 0.1) is 0 Å². The first-order chi connectivity index (χ1) is 4.45. The average Bonchev–Trinajstić information content (AvgIpc) is 1.59. The Morgan fingerprint density at radius 1 is 1.70 bits per heavy atom. The van der Waals surface area contributed by atoms with Gasteiger partial charge in [0.1, 0.15) is 5.01 Å². The van der Waals surface area contributed by atoms with E-state index in [2.05, 4.69) is 27.5 Å². The van der Waals surface area contributed by atoms with Crippen LogP contribution < -0.4 is 0 Å². The van der Waals surface area contributed by atoms with Crippen LogP contribution in [-0.4, -0.2) is 17.0 Å². The molecular formula is C5H8BrClF2O. The van der Waals surface area contributed by atoms with Gasteiger partial charge in [0, 0.05) is 6.61 Å². The van der Waals surface area contributed by atoms with Crippen LogP contribution in [0.2, 0.25) is 0 Å². The van der Waals surface area contributed by atoms with Crippen LogP contribution in [0.3, 0.4) is 0 Å². The molecule has 62 valence electrons.